The van der Waals surface area contributed by atoms with E-state index >= 15 is 0 Å². The molecule has 2 aliphatic rings. The summed E-state index contributed by atoms with van der Waals surface area (Å²) in [5.41, 5.74) is 0. The van der Waals surface area contributed by atoms with Gasteiger partial charge in [0, 0.05) is 6.54 Å². The predicted octanol–water partition coefficient (Wildman–Crippen LogP) is -0.639. The predicted molar refractivity (Wildman–Crippen MR) is 36.0 cm³/mol. The van der Waals surface area contributed by atoms with Crippen molar-refractivity contribution >= 4 is 5.84 Å². The first-order valence-electron chi connectivity index (χ1n) is 3.48. The van der Waals surface area contributed by atoms with Gasteiger partial charge in [-0.15, -0.1) is 0 Å². The van der Waals surface area contributed by atoms with Crippen LogP contribution in [0.15, 0.2) is 4.99 Å². The molecule has 2 aliphatic heterocycles. The van der Waals surface area contributed by atoms with Crippen LogP contribution in [0.5, 0.6) is 0 Å². The summed E-state index contributed by atoms with van der Waals surface area (Å²) in [5.74, 6) is 0.859. The Morgan fingerprint density at radius 1 is 1.40 bits per heavy atom. The van der Waals surface area contributed by atoms with Crippen molar-refractivity contribution in [3.05, 3.63) is 0 Å². The largest absolute Gasteiger partial charge is 0.368 e. The minimum atomic E-state index is -0.206. The van der Waals surface area contributed by atoms with Crippen molar-refractivity contribution in [1.29, 1.82) is 0 Å². The van der Waals surface area contributed by atoms with E-state index in [1.54, 1.807) is 0 Å². The van der Waals surface area contributed by atoms with Gasteiger partial charge in [0.25, 0.3) is 0 Å². The molecule has 0 radical (unpaired) electrons. The van der Waals surface area contributed by atoms with Gasteiger partial charge in [0.15, 0.2) is 5.84 Å². The molecule has 0 spiro atoms. The average Bonchev–Trinajstić information content (AvgIpc) is 2.59. The summed E-state index contributed by atoms with van der Waals surface area (Å²) in [6.45, 7) is 3.13. The number of amidine groups is 1. The molecule has 0 aromatic rings. The van der Waals surface area contributed by atoms with Gasteiger partial charge in [-0.25, -0.2) is 0 Å². The normalized spacial score (nSPS) is 26.6. The SMILES string of the molecule is C1CNC(C2OCCO2)=N1. The van der Waals surface area contributed by atoms with E-state index in [0.29, 0.717) is 13.2 Å². The number of hydrogen-bond donors (Lipinski definition) is 1. The lowest BCUT2D eigenvalue weighted by Crippen LogP contribution is -2.31. The van der Waals surface area contributed by atoms with Crippen LogP contribution in [0.25, 0.3) is 0 Å². The molecule has 1 N–H and O–H groups in total. The number of nitrogens with one attached hydrogen (secondary N) is 1. The van der Waals surface area contributed by atoms with Crippen LogP contribution in [0, 0.1) is 0 Å². The van der Waals surface area contributed by atoms with Gasteiger partial charge in [-0.3, -0.25) is 4.99 Å². The van der Waals surface area contributed by atoms with Gasteiger partial charge in [0.05, 0.1) is 19.8 Å². The topological polar surface area (TPSA) is 42.8 Å². The molecule has 0 amide bonds. The minimum absolute atomic E-state index is 0.206. The fraction of sp³-hybridized carbons (Fsp3) is 0.833. The van der Waals surface area contributed by atoms with Crippen LogP contribution >= 0.6 is 0 Å². The Morgan fingerprint density at radius 3 is 2.80 bits per heavy atom. The zero-order valence-electron chi connectivity index (χ0n) is 5.67. The molecule has 4 heteroatoms. The van der Waals surface area contributed by atoms with Gasteiger partial charge in [0.1, 0.15) is 0 Å². The Morgan fingerprint density at radius 2 is 2.20 bits per heavy atom. The molecule has 4 nitrogen and oxygen atoms in total. The van der Waals surface area contributed by atoms with Crippen LogP contribution in [0.1, 0.15) is 0 Å². The first kappa shape index (κ1) is 6.12. The molecule has 56 valence electrons. The fourth-order valence-electron chi connectivity index (χ4n) is 1.09. The van der Waals surface area contributed by atoms with Gasteiger partial charge in [-0.05, 0) is 0 Å². The molecule has 1 saturated heterocycles. The first-order valence-corrected chi connectivity index (χ1v) is 3.48. The van der Waals surface area contributed by atoms with Crippen LogP contribution in [-0.2, 0) is 9.47 Å². The molecule has 0 saturated carbocycles. The lowest BCUT2D eigenvalue weighted by molar-refractivity contribution is 0.0128. The Bertz CT molecular complexity index is 152. The molecule has 0 aromatic heterocycles. The van der Waals surface area contributed by atoms with Gasteiger partial charge >= 0.3 is 0 Å². The van der Waals surface area contributed by atoms with E-state index < -0.39 is 0 Å². The van der Waals surface area contributed by atoms with Crippen molar-refractivity contribution < 1.29 is 9.47 Å². The molecule has 1 fully saturated rings. The summed E-state index contributed by atoms with van der Waals surface area (Å²) >= 11 is 0. The second kappa shape index (κ2) is 2.56. The maximum absolute atomic E-state index is 5.22. The molecule has 0 aromatic carbocycles. The molecule has 0 aliphatic carbocycles. The number of nitrogens with zero attached hydrogens (tertiary/aromatic N) is 1. The zero-order valence-corrected chi connectivity index (χ0v) is 5.67. The Labute approximate surface area is 59.2 Å². The van der Waals surface area contributed by atoms with Crippen LogP contribution in [0.4, 0.5) is 0 Å². The quantitative estimate of drug-likeness (QED) is 0.529. The van der Waals surface area contributed by atoms with Crippen LogP contribution in [-0.4, -0.2) is 38.4 Å². The molecule has 2 heterocycles. The van der Waals surface area contributed by atoms with Crippen LogP contribution in [0.3, 0.4) is 0 Å². The number of aliphatic imine (C=N–C) groups is 1. The highest BCUT2D eigenvalue weighted by Crippen LogP contribution is 2.06. The van der Waals surface area contributed by atoms with Crippen LogP contribution in [0.2, 0.25) is 0 Å². The number of rotatable bonds is 1. The van der Waals surface area contributed by atoms with E-state index in [0.717, 1.165) is 18.9 Å². The maximum Gasteiger partial charge on any atom is 0.216 e. The smallest absolute Gasteiger partial charge is 0.216 e. The van der Waals surface area contributed by atoms with Gasteiger partial charge < -0.3 is 14.8 Å². The van der Waals surface area contributed by atoms with E-state index in [-0.39, 0.29) is 6.29 Å². The molecule has 10 heavy (non-hydrogen) atoms. The van der Waals surface area contributed by atoms with Crippen molar-refractivity contribution in [2.24, 2.45) is 4.99 Å². The van der Waals surface area contributed by atoms with Crippen molar-refractivity contribution in [1.82, 2.24) is 5.32 Å². The molecule has 2 rings (SSSR count). The third kappa shape index (κ3) is 0.998. The molecule has 0 atom stereocenters. The summed E-state index contributed by atoms with van der Waals surface area (Å²) in [5, 5.41) is 3.10. The standard InChI is InChI=1S/C6H10N2O2/c1-2-8-5(7-1)6-9-3-4-10-6/h6H,1-4H2,(H,7,8). The van der Waals surface area contributed by atoms with Crippen molar-refractivity contribution in [3.63, 3.8) is 0 Å². The summed E-state index contributed by atoms with van der Waals surface area (Å²) in [6.07, 6.45) is -0.206. The van der Waals surface area contributed by atoms with Gasteiger partial charge in [-0.2, -0.15) is 0 Å². The monoisotopic (exact) mass is 142 g/mol. The van der Waals surface area contributed by atoms with Gasteiger partial charge in [-0.1, -0.05) is 0 Å². The van der Waals surface area contributed by atoms with E-state index in [1.807, 2.05) is 0 Å². The summed E-state index contributed by atoms with van der Waals surface area (Å²) in [6, 6.07) is 0. The zero-order chi connectivity index (χ0) is 6.81. The van der Waals surface area contributed by atoms with E-state index in [4.69, 9.17) is 9.47 Å². The second-order valence-electron chi connectivity index (χ2n) is 2.27. The Hall–Kier alpha value is -0.610. The highest BCUT2D eigenvalue weighted by atomic mass is 16.7. The van der Waals surface area contributed by atoms with Crippen molar-refractivity contribution in [2.75, 3.05) is 26.3 Å². The highest BCUT2D eigenvalue weighted by molar-refractivity contribution is 5.86. The minimum Gasteiger partial charge on any atom is -0.368 e. The second-order valence-corrected chi connectivity index (χ2v) is 2.27. The van der Waals surface area contributed by atoms with Crippen LogP contribution < -0.4 is 5.32 Å². The first-order chi connectivity index (χ1) is 4.97. The van der Waals surface area contributed by atoms with E-state index in [1.165, 1.54) is 0 Å². The lowest BCUT2D eigenvalue weighted by atomic mass is 10.6. The van der Waals surface area contributed by atoms with Crippen molar-refractivity contribution in [3.8, 4) is 0 Å². The van der Waals surface area contributed by atoms with E-state index in [2.05, 4.69) is 10.3 Å². The van der Waals surface area contributed by atoms with Crippen molar-refractivity contribution in [2.45, 2.75) is 6.29 Å². The summed E-state index contributed by atoms with van der Waals surface area (Å²) in [7, 11) is 0. The molecular formula is C6H10N2O2. The lowest BCUT2D eigenvalue weighted by Gasteiger charge is -2.07. The van der Waals surface area contributed by atoms with Gasteiger partial charge in [0.2, 0.25) is 6.29 Å². The highest BCUT2D eigenvalue weighted by Gasteiger charge is 2.23. The maximum atomic E-state index is 5.22. The summed E-state index contributed by atoms with van der Waals surface area (Å²) < 4.78 is 10.4. The number of hydrogen-bond acceptors (Lipinski definition) is 4. The molecular weight excluding hydrogens is 132 g/mol. The fourth-order valence-corrected chi connectivity index (χ4v) is 1.09. The third-order valence-corrected chi connectivity index (χ3v) is 1.55. The average molecular weight is 142 g/mol. The summed E-state index contributed by atoms with van der Waals surface area (Å²) in [4.78, 5) is 4.17. The molecule has 0 unspecified atom stereocenters. The third-order valence-electron chi connectivity index (χ3n) is 1.55. The number of ether oxygens (including phenoxy) is 2. The Kier molecular flexibility index (Phi) is 1.56. The molecule has 0 bridgehead atoms. The Balaban J connectivity index is 1.97. The van der Waals surface area contributed by atoms with E-state index in [9.17, 15) is 0 Å².